The predicted molar refractivity (Wildman–Crippen MR) is 47.8 cm³/mol. The topological polar surface area (TPSA) is 60.2 Å². The van der Waals surface area contributed by atoms with E-state index in [1.807, 2.05) is 0 Å². The highest BCUT2D eigenvalue weighted by Crippen LogP contribution is 2.27. The van der Waals surface area contributed by atoms with E-state index < -0.39 is 10.0 Å². The Hall–Kier alpha value is -0.290. The van der Waals surface area contributed by atoms with Gasteiger partial charge in [-0.3, -0.25) is 0 Å². The summed E-state index contributed by atoms with van der Waals surface area (Å²) in [7, 11) is -3.83. The summed E-state index contributed by atoms with van der Waals surface area (Å²) in [5.41, 5.74) is 0. The number of sulfonamides is 1. The van der Waals surface area contributed by atoms with E-state index in [-0.39, 0.29) is 14.9 Å². The minimum Gasteiger partial charge on any atom is -0.225 e. The van der Waals surface area contributed by atoms with Crippen molar-refractivity contribution in [2.24, 2.45) is 5.14 Å². The third-order valence-corrected chi connectivity index (χ3v) is 3.07. The van der Waals surface area contributed by atoms with Gasteiger partial charge in [0.1, 0.15) is 4.90 Å². The average molecular weight is 226 g/mol. The quantitative estimate of drug-likeness (QED) is 0.791. The van der Waals surface area contributed by atoms with Gasteiger partial charge in [-0.05, 0) is 12.1 Å². The summed E-state index contributed by atoms with van der Waals surface area (Å²) in [6.07, 6.45) is 0. The molecule has 3 nitrogen and oxygen atoms in total. The number of nitrogens with two attached hydrogens (primary N) is 1. The number of rotatable bonds is 1. The monoisotopic (exact) mass is 225 g/mol. The molecule has 0 bridgehead atoms. The number of hydrogen-bond donors (Lipinski definition) is 1. The zero-order chi connectivity index (χ0) is 9.35. The van der Waals surface area contributed by atoms with Gasteiger partial charge in [-0.25, -0.2) is 13.6 Å². The van der Waals surface area contributed by atoms with Crippen LogP contribution in [-0.4, -0.2) is 8.42 Å². The van der Waals surface area contributed by atoms with E-state index in [4.69, 9.17) is 28.3 Å². The number of hydrogen-bond acceptors (Lipinski definition) is 2. The molecule has 1 rings (SSSR count). The Bertz CT molecular complexity index is 382. The van der Waals surface area contributed by atoms with E-state index in [1.165, 1.54) is 12.1 Å². The Labute approximate surface area is 80.1 Å². The van der Waals surface area contributed by atoms with Gasteiger partial charge in [0.2, 0.25) is 10.0 Å². The van der Waals surface area contributed by atoms with E-state index >= 15 is 0 Å². The lowest BCUT2D eigenvalue weighted by Crippen LogP contribution is -2.13. The Morgan fingerprint density at radius 2 is 1.58 bits per heavy atom. The van der Waals surface area contributed by atoms with Crippen molar-refractivity contribution in [2.75, 3.05) is 0 Å². The second-order valence-electron chi connectivity index (χ2n) is 2.10. The highest BCUT2D eigenvalue weighted by Gasteiger charge is 2.16. The molecule has 0 saturated heterocycles. The Kier molecular flexibility index (Phi) is 2.63. The molecule has 66 valence electrons. The Balaban J connectivity index is 3.53. The first-order chi connectivity index (χ1) is 5.43. The summed E-state index contributed by atoms with van der Waals surface area (Å²) >= 11 is 11.1. The molecular formula is C6H5Cl2NO2S. The van der Waals surface area contributed by atoms with Gasteiger partial charge in [-0.2, -0.15) is 0 Å². The second kappa shape index (κ2) is 3.22. The van der Waals surface area contributed by atoms with Gasteiger partial charge in [-0.1, -0.05) is 29.3 Å². The maximum absolute atomic E-state index is 10.9. The summed E-state index contributed by atoms with van der Waals surface area (Å²) in [5, 5.41) is 4.93. The van der Waals surface area contributed by atoms with Crippen LogP contribution in [0.4, 0.5) is 0 Å². The van der Waals surface area contributed by atoms with Crippen molar-refractivity contribution in [3.05, 3.63) is 28.2 Å². The van der Waals surface area contributed by atoms with Crippen molar-refractivity contribution in [1.82, 2.24) is 0 Å². The minimum atomic E-state index is -3.83. The molecule has 0 spiro atoms. The first-order valence-electron chi connectivity index (χ1n) is 2.90. The van der Waals surface area contributed by atoms with Crippen LogP contribution >= 0.6 is 23.2 Å². The maximum Gasteiger partial charge on any atom is 0.241 e. The molecule has 0 aliphatic heterocycles. The molecule has 0 amide bonds. The molecule has 0 aliphatic carbocycles. The lowest BCUT2D eigenvalue weighted by molar-refractivity contribution is 0.598. The molecule has 0 unspecified atom stereocenters. The van der Waals surface area contributed by atoms with Crippen molar-refractivity contribution in [3.8, 4) is 0 Å². The summed E-state index contributed by atoms with van der Waals surface area (Å²) in [5.74, 6) is 0. The van der Waals surface area contributed by atoms with E-state index in [9.17, 15) is 8.42 Å². The number of primary sulfonamides is 1. The van der Waals surface area contributed by atoms with Crippen LogP contribution in [0.15, 0.2) is 23.1 Å². The van der Waals surface area contributed by atoms with Crippen molar-refractivity contribution in [3.63, 3.8) is 0 Å². The standard InChI is InChI=1S/C6H5Cl2NO2S/c7-4-2-1-3-5(8)6(4)12(9,10)11/h1-3H,(H2,9,10,11). The molecule has 1 aromatic carbocycles. The van der Waals surface area contributed by atoms with Gasteiger partial charge in [-0.15, -0.1) is 0 Å². The van der Waals surface area contributed by atoms with Gasteiger partial charge in [0.05, 0.1) is 10.0 Å². The van der Waals surface area contributed by atoms with Gasteiger partial charge in [0.25, 0.3) is 0 Å². The normalized spacial score (nSPS) is 11.6. The largest absolute Gasteiger partial charge is 0.241 e. The smallest absolute Gasteiger partial charge is 0.225 e. The van der Waals surface area contributed by atoms with Crippen LogP contribution in [0.25, 0.3) is 0 Å². The average Bonchev–Trinajstić information content (AvgIpc) is 1.82. The lowest BCUT2D eigenvalue weighted by Gasteiger charge is -2.02. The second-order valence-corrected chi connectivity index (χ2v) is 4.41. The van der Waals surface area contributed by atoms with Crippen LogP contribution in [0, 0.1) is 0 Å². The van der Waals surface area contributed by atoms with Crippen LogP contribution in [0.1, 0.15) is 0 Å². The van der Waals surface area contributed by atoms with E-state index in [1.54, 1.807) is 6.07 Å². The Morgan fingerprint density at radius 3 is 1.83 bits per heavy atom. The van der Waals surface area contributed by atoms with Crippen LogP contribution in [-0.2, 0) is 10.0 Å². The van der Waals surface area contributed by atoms with Gasteiger partial charge in [0.15, 0.2) is 0 Å². The number of benzene rings is 1. The first-order valence-corrected chi connectivity index (χ1v) is 5.20. The molecule has 0 saturated carbocycles. The SMILES string of the molecule is NS(=O)(=O)c1c(Cl)cccc1Cl. The van der Waals surface area contributed by atoms with Crippen LogP contribution in [0.2, 0.25) is 10.0 Å². The highest BCUT2D eigenvalue weighted by molar-refractivity contribution is 7.89. The van der Waals surface area contributed by atoms with Crippen molar-refractivity contribution >= 4 is 33.2 Å². The van der Waals surface area contributed by atoms with Gasteiger partial charge < -0.3 is 0 Å². The molecular weight excluding hydrogens is 221 g/mol. The van der Waals surface area contributed by atoms with Crippen molar-refractivity contribution in [2.45, 2.75) is 4.90 Å². The fourth-order valence-electron chi connectivity index (χ4n) is 0.754. The Morgan fingerprint density at radius 1 is 1.17 bits per heavy atom. The van der Waals surface area contributed by atoms with E-state index in [0.717, 1.165) is 0 Å². The van der Waals surface area contributed by atoms with Crippen LogP contribution < -0.4 is 5.14 Å². The fourth-order valence-corrected chi connectivity index (χ4v) is 2.48. The first kappa shape index (κ1) is 9.80. The van der Waals surface area contributed by atoms with Crippen molar-refractivity contribution < 1.29 is 8.42 Å². The highest BCUT2D eigenvalue weighted by atomic mass is 35.5. The molecule has 0 fully saturated rings. The van der Waals surface area contributed by atoms with Crippen molar-refractivity contribution in [1.29, 1.82) is 0 Å². The third-order valence-electron chi connectivity index (χ3n) is 1.20. The maximum atomic E-state index is 10.9. The summed E-state index contributed by atoms with van der Waals surface area (Å²) in [6, 6.07) is 4.36. The molecule has 2 N–H and O–H groups in total. The zero-order valence-electron chi connectivity index (χ0n) is 5.79. The van der Waals surface area contributed by atoms with Gasteiger partial charge in [0, 0.05) is 0 Å². The van der Waals surface area contributed by atoms with E-state index in [2.05, 4.69) is 0 Å². The molecule has 0 radical (unpaired) electrons. The van der Waals surface area contributed by atoms with E-state index in [0.29, 0.717) is 0 Å². The lowest BCUT2D eigenvalue weighted by atomic mass is 10.4. The summed E-state index contributed by atoms with van der Waals surface area (Å²) in [4.78, 5) is -0.228. The summed E-state index contributed by atoms with van der Waals surface area (Å²) in [6.45, 7) is 0. The third kappa shape index (κ3) is 1.90. The minimum absolute atomic E-state index is 0.0324. The molecule has 0 aromatic heterocycles. The molecule has 12 heavy (non-hydrogen) atoms. The zero-order valence-corrected chi connectivity index (χ0v) is 8.12. The fraction of sp³-hybridized carbons (Fsp3) is 0. The molecule has 0 atom stereocenters. The molecule has 0 aliphatic rings. The summed E-state index contributed by atoms with van der Waals surface area (Å²) < 4.78 is 21.8. The molecule has 6 heteroatoms. The predicted octanol–water partition coefficient (Wildman–Crippen LogP) is 1.64. The molecule has 0 heterocycles. The molecule has 1 aromatic rings. The van der Waals surface area contributed by atoms with Crippen LogP contribution in [0.5, 0.6) is 0 Å². The van der Waals surface area contributed by atoms with Gasteiger partial charge >= 0.3 is 0 Å². The van der Waals surface area contributed by atoms with Crippen LogP contribution in [0.3, 0.4) is 0 Å². The number of halogens is 2.